The lowest BCUT2D eigenvalue weighted by Crippen LogP contribution is -2.34. The second kappa shape index (κ2) is 11.4. The van der Waals surface area contributed by atoms with Crippen molar-refractivity contribution in [1.29, 1.82) is 0 Å². The molecule has 1 saturated heterocycles. The van der Waals surface area contributed by atoms with E-state index in [2.05, 4.69) is 19.9 Å². The first-order chi connectivity index (χ1) is 18.9. The van der Waals surface area contributed by atoms with Crippen LogP contribution in [0.5, 0.6) is 11.8 Å². The molecule has 0 aliphatic carbocycles. The maximum Gasteiger partial charge on any atom is 0.341 e. The Hall–Kier alpha value is -3.93. The van der Waals surface area contributed by atoms with Gasteiger partial charge in [0.1, 0.15) is 23.8 Å². The molecule has 39 heavy (non-hydrogen) atoms. The van der Waals surface area contributed by atoms with Crippen molar-refractivity contribution in [3.63, 3.8) is 0 Å². The predicted molar refractivity (Wildman–Crippen MR) is 145 cm³/mol. The summed E-state index contributed by atoms with van der Waals surface area (Å²) in [5.74, 6) is -0.584. The number of hydrogen-bond acceptors (Lipinski definition) is 9. The van der Waals surface area contributed by atoms with Gasteiger partial charge in [0.25, 0.3) is 0 Å². The number of halogens is 2. The highest BCUT2D eigenvalue weighted by molar-refractivity contribution is 6.34. The highest BCUT2D eigenvalue weighted by Crippen LogP contribution is 2.36. The van der Waals surface area contributed by atoms with Crippen molar-refractivity contribution < 1.29 is 24.5 Å². The van der Waals surface area contributed by atoms with Crippen LogP contribution in [0, 0.1) is 0 Å². The van der Waals surface area contributed by atoms with Crippen molar-refractivity contribution in [3.05, 3.63) is 74.9 Å². The molecule has 3 aromatic heterocycles. The molecule has 0 saturated carbocycles. The number of pyridine rings is 2. The molecule has 202 valence electrons. The van der Waals surface area contributed by atoms with Crippen LogP contribution in [0.25, 0.3) is 16.7 Å². The summed E-state index contributed by atoms with van der Waals surface area (Å²) >= 11 is 12.9. The SMILES string of the molecule is O=C(O)c1cn(-c2cnc(OCCO)cn2)c2cc(N3CCC[C@@H]3COc3ncccc3Cl)c(Cl)cc2c1=O. The van der Waals surface area contributed by atoms with Crippen LogP contribution in [0.15, 0.2) is 53.8 Å². The minimum absolute atomic E-state index is 0.0424. The van der Waals surface area contributed by atoms with Gasteiger partial charge in [-0.15, -0.1) is 0 Å². The van der Waals surface area contributed by atoms with Crippen LogP contribution in [0.1, 0.15) is 23.2 Å². The van der Waals surface area contributed by atoms with Gasteiger partial charge in [-0.1, -0.05) is 23.2 Å². The summed E-state index contributed by atoms with van der Waals surface area (Å²) in [4.78, 5) is 39.7. The summed E-state index contributed by atoms with van der Waals surface area (Å²) < 4.78 is 12.6. The first-order valence-corrected chi connectivity index (χ1v) is 12.8. The first kappa shape index (κ1) is 26.7. The molecule has 4 heterocycles. The lowest BCUT2D eigenvalue weighted by molar-refractivity contribution is 0.0695. The van der Waals surface area contributed by atoms with Crippen LogP contribution in [-0.4, -0.2) is 68.1 Å². The third kappa shape index (κ3) is 5.47. The van der Waals surface area contributed by atoms with Gasteiger partial charge in [0.05, 0.1) is 41.3 Å². The zero-order valence-corrected chi connectivity index (χ0v) is 22.0. The van der Waals surface area contributed by atoms with Crippen LogP contribution in [0.4, 0.5) is 5.69 Å². The smallest absolute Gasteiger partial charge is 0.341 e. The monoisotopic (exact) mass is 571 g/mol. The maximum atomic E-state index is 13.1. The predicted octanol–water partition coefficient (Wildman–Crippen LogP) is 3.60. The number of carboxylic acids is 1. The third-order valence-corrected chi connectivity index (χ3v) is 6.92. The van der Waals surface area contributed by atoms with Gasteiger partial charge >= 0.3 is 5.97 Å². The minimum Gasteiger partial charge on any atom is -0.477 e. The highest BCUT2D eigenvalue weighted by atomic mass is 35.5. The number of benzene rings is 1. The van der Waals surface area contributed by atoms with Gasteiger partial charge in [0.2, 0.25) is 17.2 Å². The topological polar surface area (TPSA) is 140 Å². The molecule has 1 atom stereocenters. The second-order valence-corrected chi connectivity index (χ2v) is 9.56. The third-order valence-electron chi connectivity index (χ3n) is 6.33. The van der Waals surface area contributed by atoms with Crippen molar-refractivity contribution in [2.45, 2.75) is 18.9 Å². The van der Waals surface area contributed by atoms with E-state index in [-0.39, 0.29) is 36.3 Å². The molecule has 4 aromatic rings. The number of hydrogen-bond donors (Lipinski definition) is 2. The Kier molecular flexibility index (Phi) is 7.82. The van der Waals surface area contributed by atoms with Crippen LogP contribution in [0.2, 0.25) is 10.0 Å². The molecule has 1 aliphatic heterocycles. The van der Waals surface area contributed by atoms with Gasteiger partial charge in [-0.05, 0) is 37.1 Å². The molecule has 5 rings (SSSR count). The van der Waals surface area contributed by atoms with Gasteiger partial charge in [0, 0.05) is 24.3 Å². The van der Waals surface area contributed by atoms with E-state index >= 15 is 0 Å². The number of aliphatic hydroxyl groups is 1. The summed E-state index contributed by atoms with van der Waals surface area (Å²) in [5, 5.41) is 19.5. The Morgan fingerprint density at radius 2 is 1.97 bits per heavy atom. The van der Waals surface area contributed by atoms with Crippen LogP contribution in [0.3, 0.4) is 0 Å². The van der Waals surface area contributed by atoms with Crippen LogP contribution in [-0.2, 0) is 0 Å². The number of aromatic nitrogens is 4. The van der Waals surface area contributed by atoms with E-state index in [1.54, 1.807) is 24.4 Å². The van der Waals surface area contributed by atoms with Crippen molar-refractivity contribution in [2.24, 2.45) is 0 Å². The van der Waals surface area contributed by atoms with E-state index in [4.69, 9.17) is 37.8 Å². The van der Waals surface area contributed by atoms with E-state index in [1.807, 2.05) is 0 Å². The Balaban J connectivity index is 1.56. The number of aliphatic hydroxyl groups excluding tert-OH is 1. The number of ether oxygens (including phenoxy) is 2. The van der Waals surface area contributed by atoms with Gasteiger partial charge in [-0.25, -0.2) is 19.7 Å². The molecule has 0 bridgehead atoms. The van der Waals surface area contributed by atoms with Crippen molar-refractivity contribution in [3.8, 4) is 17.6 Å². The molecule has 1 aliphatic rings. The van der Waals surface area contributed by atoms with E-state index < -0.39 is 17.0 Å². The minimum atomic E-state index is -1.38. The normalized spacial score (nSPS) is 15.1. The summed E-state index contributed by atoms with van der Waals surface area (Å²) in [6.07, 6.45) is 7.29. The Morgan fingerprint density at radius 3 is 2.69 bits per heavy atom. The standard InChI is InChI=1S/C26H23Cl2N5O6/c27-18-4-1-5-29-25(18)39-14-15-3-2-6-32(15)21-10-20-16(9-19(21)28)24(35)17(26(36)37)13-33(20)22-11-31-23(12-30-22)38-8-7-34/h1,4-5,9-13,15,34H,2-3,6-8,14H2,(H,36,37)/t15-/m1/s1. The number of anilines is 1. The number of fused-ring (bicyclic) bond motifs is 1. The molecular weight excluding hydrogens is 549 g/mol. The van der Waals surface area contributed by atoms with Gasteiger partial charge in [-0.3, -0.25) is 9.36 Å². The zero-order chi connectivity index (χ0) is 27.5. The van der Waals surface area contributed by atoms with Gasteiger partial charge in [-0.2, -0.15) is 0 Å². The van der Waals surface area contributed by atoms with Crippen molar-refractivity contribution in [1.82, 2.24) is 19.5 Å². The van der Waals surface area contributed by atoms with Gasteiger partial charge in [0.15, 0.2) is 5.82 Å². The Bertz CT molecular complexity index is 1580. The number of carbonyl (C=O) groups is 1. The van der Waals surface area contributed by atoms with E-state index in [0.717, 1.165) is 12.8 Å². The number of rotatable bonds is 9. The molecular formula is C26H23Cl2N5O6. The molecule has 2 N–H and O–H groups in total. The number of carboxylic acid groups (broad SMARTS) is 1. The highest BCUT2D eigenvalue weighted by Gasteiger charge is 2.29. The first-order valence-electron chi connectivity index (χ1n) is 12.1. The molecule has 0 unspecified atom stereocenters. The fraction of sp³-hybridized carbons (Fsp3) is 0.269. The Labute approximate surface area is 232 Å². The van der Waals surface area contributed by atoms with Crippen molar-refractivity contribution in [2.75, 3.05) is 31.3 Å². The molecule has 13 heteroatoms. The summed E-state index contributed by atoms with van der Waals surface area (Å²) in [5.41, 5.74) is -0.0332. The average molecular weight is 572 g/mol. The molecule has 0 radical (unpaired) electrons. The molecule has 1 aromatic carbocycles. The maximum absolute atomic E-state index is 13.1. The molecule has 0 spiro atoms. The van der Waals surface area contributed by atoms with E-state index in [0.29, 0.717) is 40.3 Å². The molecule has 0 amide bonds. The number of nitrogens with zero attached hydrogens (tertiary/aromatic N) is 5. The second-order valence-electron chi connectivity index (χ2n) is 8.74. The Morgan fingerprint density at radius 1 is 1.13 bits per heavy atom. The van der Waals surface area contributed by atoms with E-state index in [1.165, 1.54) is 29.2 Å². The lowest BCUT2D eigenvalue weighted by Gasteiger charge is -2.28. The van der Waals surface area contributed by atoms with Crippen LogP contribution >= 0.6 is 23.2 Å². The lowest BCUT2D eigenvalue weighted by atomic mass is 10.1. The molecule has 1 fully saturated rings. The summed E-state index contributed by atoms with van der Waals surface area (Å²) in [6.45, 7) is 0.879. The molecule has 11 nitrogen and oxygen atoms in total. The van der Waals surface area contributed by atoms with Gasteiger partial charge < -0.3 is 24.6 Å². The summed E-state index contributed by atoms with van der Waals surface area (Å²) in [7, 11) is 0. The average Bonchev–Trinajstić information content (AvgIpc) is 3.40. The largest absolute Gasteiger partial charge is 0.477 e. The quantitative estimate of drug-likeness (QED) is 0.306. The zero-order valence-electron chi connectivity index (χ0n) is 20.5. The van der Waals surface area contributed by atoms with E-state index in [9.17, 15) is 14.7 Å². The number of aromatic carboxylic acids is 1. The van der Waals surface area contributed by atoms with Crippen LogP contribution < -0.4 is 19.8 Å². The fourth-order valence-electron chi connectivity index (χ4n) is 4.53. The van der Waals surface area contributed by atoms with Crippen molar-refractivity contribution >= 4 is 45.8 Å². The fourth-order valence-corrected chi connectivity index (χ4v) is 4.98. The summed E-state index contributed by atoms with van der Waals surface area (Å²) in [6, 6.07) is 6.61.